The number of hydrogen-bond acceptors (Lipinski definition) is 2. The van der Waals surface area contributed by atoms with Crippen molar-refractivity contribution in [3.8, 4) is 0 Å². The van der Waals surface area contributed by atoms with Crippen molar-refractivity contribution in [2.45, 2.75) is 45.2 Å². The van der Waals surface area contributed by atoms with E-state index in [4.69, 9.17) is 5.73 Å². The van der Waals surface area contributed by atoms with Crippen molar-refractivity contribution < 1.29 is 4.79 Å². The SMILES string of the molecule is C[C@H](c1ccccc1)N(C)C(=O)C1(C(C)(C)N)CC1. The van der Waals surface area contributed by atoms with Crippen LogP contribution in [0.15, 0.2) is 30.3 Å². The van der Waals surface area contributed by atoms with Gasteiger partial charge in [-0.3, -0.25) is 4.79 Å². The van der Waals surface area contributed by atoms with Crippen LogP contribution in [0.3, 0.4) is 0 Å². The van der Waals surface area contributed by atoms with Crippen molar-refractivity contribution in [1.82, 2.24) is 4.90 Å². The molecule has 0 aliphatic heterocycles. The van der Waals surface area contributed by atoms with E-state index in [0.29, 0.717) is 0 Å². The van der Waals surface area contributed by atoms with Crippen LogP contribution in [0.2, 0.25) is 0 Å². The number of nitrogens with two attached hydrogens (primary N) is 1. The van der Waals surface area contributed by atoms with E-state index < -0.39 is 5.54 Å². The third kappa shape index (κ3) is 2.39. The van der Waals surface area contributed by atoms with E-state index in [9.17, 15) is 4.79 Å². The van der Waals surface area contributed by atoms with Gasteiger partial charge in [0.15, 0.2) is 0 Å². The fourth-order valence-electron chi connectivity index (χ4n) is 2.73. The molecule has 1 amide bonds. The van der Waals surface area contributed by atoms with E-state index in [-0.39, 0.29) is 17.4 Å². The number of carbonyl (C=O) groups excluding carboxylic acids is 1. The number of hydrogen-bond donors (Lipinski definition) is 1. The van der Waals surface area contributed by atoms with Crippen molar-refractivity contribution in [3.05, 3.63) is 35.9 Å². The summed E-state index contributed by atoms with van der Waals surface area (Å²) in [6, 6.07) is 10.2. The molecule has 104 valence electrons. The molecule has 0 aromatic heterocycles. The van der Waals surface area contributed by atoms with Crippen molar-refractivity contribution in [3.63, 3.8) is 0 Å². The zero-order valence-corrected chi connectivity index (χ0v) is 12.3. The van der Waals surface area contributed by atoms with Crippen molar-refractivity contribution in [2.24, 2.45) is 11.1 Å². The molecule has 1 aliphatic carbocycles. The van der Waals surface area contributed by atoms with Crippen molar-refractivity contribution in [2.75, 3.05) is 7.05 Å². The van der Waals surface area contributed by atoms with Crippen LogP contribution in [-0.2, 0) is 4.79 Å². The second-order valence-corrected chi connectivity index (χ2v) is 6.31. The minimum absolute atomic E-state index is 0.0773. The van der Waals surface area contributed by atoms with Crippen LogP contribution in [0, 0.1) is 5.41 Å². The van der Waals surface area contributed by atoms with Crippen LogP contribution < -0.4 is 5.73 Å². The number of amides is 1. The second-order valence-electron chi connectivity index (χ2n) is 6.31. The Balaban J connectivity index is 2.17. The Morgan fingerprint density at radius 2 is 1.84 bits per heavy atom. The summed E-state index contributed by atoms with van der Waals surface area (Å²) in [5, 5.41) is 0. The Hall–Kier alpha value is -1.35. The van der Waals surface area contributed by atoms with Gasteiger partial charge >= 0.3 is 0 Å². The third-order valence-corrected chi connectivity index (χ3v) is 4.58. The maximum absolute atomic E-state index is 12.7. The summed E-state index contributed by atoms with van der Waals surface area (Å²) in [6.45, 7) is 5.98. The van der Waals surface area contributed by atoms with Crippen molar-refractivity contribution >= 4 is 5.91 Å². The molecule has 1 fully saturated rings. The van der Waals surface area contributed by atoms with Gasteiger partial charge in [-0.15, -0.1) is 0 Å². The molecule has 0 saturated heterocycles. The van der Waals surface area contributed by atoms with Gasteiger partial charge in [-0.25, -0.2) is 0 Å². The molecule has 3 heteroatoms. The fraction of sp³-hybridized carbons (Fsp3) is 0.562. The first kappa shape index (κ1) is 14.1. The Kier molecular flexibility index (Phi) is 3.43. The number of rotatable bonds is 4. The van der Waals surface area contributed by atoms with Crippen LogP contribution in [0.4, 0.5) is 0 Å². The topological polar surface area (TPSA) is 46.3 Å². The summed E-state index contributed by atoms with van der Waals surface area (Å²) in [6.07, 6.45) is 1.81. The summed E-state index contributed by atoms with van der Waals surface area (Å²) in [5.41, 5.74) is 6.56. The fourth-order valence-corrected chi connectivity index (χ4v) is 2.73. The summed E-state index contributed by atoms with van der Waals surface area (Å²) in [5.74, 6) is 0.177. The molecule has 2 rings (SSSR count). The molecule has 0 bridgehead atoms. The highest BCUT2D eigenvalue weighted by Crippen LogP contribution is 2.54. The lowest BCUT2D eigenvalue weighted by Gasteiger charge is -2.35. The summed E-state index contributed by atoms with van der Waals surface area (Å²) < 4.78 is 0. The molecular weight excluding hydrogens is 236 g/mol. The van der Waals surface area contributed by atoms with Gasteiger partial charge in [-0.1, -0.05) is 30.3 Å². The van der Waals surface area contributed by atoms with E-state index in [0.717, 1.165) is 18.4 Å². The van der Waals surface area contributed by atoms with Gasteiger partial charge in [0.1, 0.15) is 0 Å². The number of nitrogens with zero attached hydrogens (tertiary/aromatic N) is 1. The molecule has 3 nitrogen and oxygen atoms in total. The van der Waals surface area contributed by atoms with Crippen LogP contribution >= 0.6 is 0 Å². The molecule has 2 N–H and O–H groups in total. The van der Waals surface area contributed by atoms with E-state index in [1.165, 1.54) is 0 Å². The minimum Gasteiger partial charge on any atom is -0.338 e. The van der Waals surface area contributed by atoms with E-state index in [1.807, 2.05) is 44.0 Å². The van der Waals surface area contributed by atoms with Crippen LogP contribution in [0.5, 0.6) is 0 Å². The van der Waals surface area contributed by atoms with Crippen LogP contribution in [0.1, 0.15) is 45.2 Å². The van der Waals surface area contributed by atoms with Crippen LogP contribution in [-0.4, -0.2) is 23.4 Å². The van der Waals surface area contributed by atoms with Gasteiger partial charge in [0, 0.05) is 12.6 Å². The summed E-state index contributed by atoms with van der Waals surface area (Å²) >= 11 is 0. The van der Waals surface area contributed by atoms with Gasteiger partial charge in [0.25, 0.3) is 0 Å². The molecule has 0 spiro atoms. The highest BCUT2D eigenvalue weighted by Gasteiger charge is 2.59. The average Bonchev–Trinajstić information content (AvgIpc) is 3.18. The molecule has 1 aromatic rings. The quantitative estimate of drug-likeness (QED) is 0.904. The predicted octanol–water partition coefficient (Wildman–Crippen LogP) is 2.72. The Labute approximate surface area is 115 Å². The summed E-state index contributed by atoms with van der Waals surface area (Å²) in [7, 11) is 1.88. The number of carbonyl (C=O) groups is 1. The lowest BCUT2D eigenvalue weighted by atomic mass is 9.83. The second kappa shape index (κ2) is 4.64. The monoisotopic (exact) mass is 260 g/mol. The zero-order chi connectivity index (χ0) is 14.3. The Morgan fingerprint density at radius 1 is 1.32 bits per heavy atom. The molecular formula is C16H24N2O. The van der Waals surface area contributed by atoms with E-state index >= 15 is 0 Å². The largest absolute Gasteiger partial charge is 0.338 e. The third-order valence-electron chi connectivity index (χ3n) is 4.58. The molecule has 1 aromatic carbocycles. The minimum atomic E-state index is -0.450. The van der Waals surface area contributed by atoms with E-state index in [2.05, 4.69) is 19.1 Å². The predicted molar refractivity (Wildman–Crippen MR) is 77.6 cm³/mol. The van der Waals surface area contributed by atoms with Gasteiger partial charge < -0.3 is 10.6 Å². The molecule has 1 aliphatic rings. The van der Waals surface area contributed by atoms with Crippen LogP contribution in [0.25, 0.3) is 0 Å². The van der Waals surface area contributed by atoms with E-state index in [1.54, 1.807) is 0 Å². The average molecular weight is 260 g/mol. The maximum Gasteiger partial charge on any atom is 0.230 e. The lowest BCUT2D eigenvalue weighted by Crippen LogP contribution is -2.51. The van der Waals surface area contributed by atoms with Gasteiger partial charge in [-0.05, 0) is 39.2 Å². The molecule has 0 unspecified atom stereocenters. The maximum atomic E-state index is 12.7. The number of benzene rings is 1. The molecule has 0 heterocycles. The highest BCUT2D eigenvalue weighted by atomic mass is 16.2. The molecule has 1 saturated carbocycles. The first-order valence-corrected chi connectivity index (χ1v) is 6.91. The Bertz CT molecular complexity index is 457. The first-order valence-electron chi connectivity index (χ1n) is 6.91. The molecule has 0 radical (unpaired) electrons. The standard InChI is InChI=1S/C16H24N2O/c1-12(13-8-6-5-7-9-13)18(4)14(19)16(10-11-16)15(2,3)17/h5-9,12H,10-11,17H2,1-4H3/t12-/m1/s1. The normalized spacial score (nSPS) is 18.8. The smallest absolute Gasteiger partial charge is 0.230 e. The zero-order valence-electron chi connectivity index (χ0n) is 12.3. The summed E-state index contributed by atoms with van der Waals surface area (Å²) in [4.78, 5) is 14.6. The lowest BCUT2D eigenvalue weighted by molar-refractivity contribution is -0.140. The Morgan fingerprint density at radius 3 is 2.26 bits per heavy atom. The molecule has 19 heavy (non-hydrogen) atoms. The first-order chi connectivity index (χ1) is 8.79. The van der Waals surface area contributed by atoms with Gasteiger partial charge in [0.2, 0.25) is 5.91 Å². The molecule has 1 atom stereocenters. The van der Waals surface area contributed by atoms with Gasteiger partial charge in [-0.2, -0.15) is 0 Å². The highest BCUT2D eigenvalue weighted by molar-refractivity contribution is 5.87. The van der Waals surface area contributed by atoms with Crippen molar-refractivity contribution in [1.29, 1.82) is 0 Å². The van der Waals surface area contributed by atoms with Gasteiger partial charge in [0.05, 0.1) is 11.5 Å².